The third kappa shape index (κ3) is 5.59. The predicted molar refractivity (Wildman–Crippen MR) is 85.0 cm³/mol. The van der Waals surface area contributed by atoms with Crippen LogP contribution < -0.4 is 4.72 Å². The summed E-state index contributed by atoms with van der Waals surface area (Å²) >= 11 is 0. The van der Waals surface area contributed by atoms with Crippen LogP contribution in [0.3, 0.4) is 0 Å². The largest absolute Gasteiger partial charge is 0.294 e. The van der Waals surface area contributed by atoms with Gasteiger partial charge in [0.25, 0.3) is 0 Å². The molecule has 0 radical (unpaired) electrons. The normalized spacial score (nSPS) is 13.1. The summed E-state index contributed by atoms with van der Waals surface area (Å²) in [6.45, 7) is 5.75. The average molecular weight is 311 g/mol. The van der Waals surface area contributed by atoms with Crippen LogP contribution in [0.5, 0.6) is 0 Å². The van der Waals surface area contributed by atoms with Crippen LogP contribution in [-0.2, 0) is 10.0 Å². The van der Waals surface area contributed by atoms with Crippen molar-refractivity contribution >= 4 is 15.8 Å². The number of ketones is 1. The third-order valence-corrected chi connectivity index (χ3v) is 4.97. The molecule has 0 fully saturated rings. The molecule has 118 valence electrons. The van der Waals surface area contributed by atoms with Gasteiger partial charge in [-0.05, 0) is 25.5 Å². The van der Waals surface area contributed by atoms with Gasteiger partial charge in [-0.15, -0.1) is 0 Å². The molecule has 0 aliphatic heterocycles. The second-order valence-corrected chi connectivity index (χ2v) is 7.04. The lowest BCUT2D eigenvalue weighted by Gasteiger charge is -2.14. The van der Waals surface area contributed by atoms with Crippen LogP contribution >= 0.6 is 0 Å². The van der Waals surface area contributed by atoms with Crippen LogP contribution in [-0.4, -0.2) is 20.2 Å². The van der Waals surface area contributed by atoms with Crippen LogP contribution in [0.2, 0.25) is 0 Å². The summed E-state index contributed by atoms with van der Waals surface area (Å²) in [6, 6.07) is 6.13. The predicted octanol–water partition coefficient (Wildman–Crippen LogP) is 3.53. The maximum absolute atomic E-state index is 12.3. The van der Waals surface area contributed by atoms with Crippen LogP contribution in [0.1, 0.15) is 63.2 Å². The van der Waals surface area contributed by atoms with Gasteiger partial charge < -0.3 is 0 Å². The third-order valence-electron chi connectivity index (χ3n) is 3.38. The molecule has 21 heavy (non-hydrogen) atoms. The first-order valence-electron chi connectivity index (χ1n) is 7.56. The van der Waals surface area contributed by atoms with E-state index in [2.05, 4.69) is 11.6 Å². The number of hydrogen-bond donors (Lipinski definition) is 1. The Morgan fingerprint density at radius 2 is 1.95 bits per heavy atom. The van der Waals surface area contributed by atoms with E-state index in [0.29, 0.717) is 12.0 Å². The molecule has 0 spiro atoms. The molecule has 0 saturated heterocycles. The lowest BCUT2D eigenvalue weighted by atomic mass is 10.1. The highest BCUT2D eigenvalue weighted by Crippen LogP contribution is 2.14. The number of rotatable bonds is 9. The van der Waals surface area contributed by atoms with Crippen molar-refractivity contribution in [3.63, 3.8) is 0 Å². The Bertz CT molecular complexity index is 567. The minimum atomic E-state index is -3.56. The lowest BCUT2D eigenvalue weighted by molar-refractivity contribution is 0.0988. The molecule has 0 aliphatic carbocycles. The van der Waals surface area contributed by atoms with E-state index in [1.807, 2.05) is 6.92 Å². The number of unbranched alkanes of at least 4 members (excludes halogenated alkanes) is 2. The van der Waals surface area contributed by atoms with E-state index in [0.717, 1.165) is 25.7 Å². The van der Waals surface area contributed by atoms with Crippen molar-refractivity contribution in [2.24, 2.45) is 0 Å². The molecule has 1 unspecified atom stereocenters. The molecule has 4 nitrogen and oxygen atoms in total. The molecule has 0 heterocycles. The van der Waals surface area contributed by atoms with Crippen molar-refractivity contribution in [2.75, 3.05) is 0 Å². The summed E-state index contributed by atoms with van der Waals surface area (Å²) < 4.78 is 27.3. The molecule has 0 aliphatic rings. The molecule has 1 rings (SSSR count). The molecular weight excluding hydrogens is 286 g/mol. The van der Waals surface area contributed by atoms with E-state index in [9.17, 15) is 13.2 Å². The van der Waals surface area contributed by atoms with Crippen LogP contribution in [0.25, 0.3) is 0 Å². The SMILES string of the molecule is CCCCCC(C)NS(=O)(=O)c1cccc(C(=O)CC)c1. The average Bonchev–Trinajstić information content (AvgIpc) is 2.46. The number of carbonyl (C=O) groups is 1. The minimum absolute atomic E-state index is 0.0527. The molecular formula is C16H25NO3S. The van der Waals surface area contributed by atoms with E-state index >= 15 is 0 Å². The maximum Gasteiger partial charge on any atom is 0.240 e. The standard InChI is InChI=1S/C16H25NO3S/c1-4-6-7-9-13(3)17-21(19,20)15-11-8-10-14(12-15)16(18)5-2/h8,10-13,17H,4-7,9H2,1-3H3. The van der Waals surface area contributed by atoms with Crippen molar-refractivity contribution in [1.82, 2.24) is 4.72 Å². The highest BCUT2D eigenvalue weighted by molar-refractivity contribution is 7.89. The van der Waals surface area contributed by atoms with Gasteiger partial charge in [-0.3, -0.25) is 4.79 Å². The lowest BCUT2D eigenvalue weighted by Crippen LogP contribution is -2.32. The number of nitrogens with one attached hydrogen (secondary N) is 1. The Labute approximate surface area is 128 Å². The van der Waals surface area contributed by atoms with E-state index in [1.54, 1.807) is 19.1 Å². The Morgan fingerprint density at radius 3 is 2.57 bits per heavy atom. The van der Waals surface area contributed by atoms with Gasteiger partial charge in [0.2, 0.25) is 10.0 Å². The Morgan fingerprint density at radius 1 is 1.24 bits per heavy atom. The monoisotopic (exact) mass is 311 g/mol. The van der Waals surface area contributed by atoms with Crippen molar-refractivity contribution in [1.29, 1.82) is 0 Å². The van der Waals surface area contributed by atoms with Gasteiger partial charge in [-0.1, -0.05) is 45.2 Å². The Kier molecular flexibility index (Phi) is 7.05. The second-order valence-electron chi connectivity index (χ2n) is 5.32. The minimum Gasteiger partial charge on any atom is -0.294 e. The Balaban J connectivity index is 2.80. The highest BCUT2D eigenvalue weighted by atomic mass is 32.2. The summed E-state index contributed by atoms with van der Waals surface area (Å²) in [6.07, 6.45) is 4.41. The zero-order valence-corrected chi connectivity index (χ0v) is 13.9. The molecule has 1 atom stereocenters. The summed E-state index contributed by atoms with van der Waals surface area (Å²) in [5, 5.41) is 0. The summed E-state index contributed by atoms with van der Waals surface area (Å²) in [4.78, 5) is 11.8. The van der Waals surface area contributed by atoms with Gasteiger partial charge in [0, 0.05) is 18.0 Å². The van der Waals surface area contributed by atoms with Gasteiger partial charge in [0.1, 0.15) is 0 Å². The molecule has 0 amide bonds. The molecule has 1 N–H and O–H groups in total. The van der Waals surface area contributed by atoms with Gasteiger partial charge in [-0.25, -0.2) is 13.1 Å². The van der Waals surface area contributed by atoms with Gasteiger partial charge in [0.15, 0.2) is 5.78 Å². The zero-order chi connectivity index (χ0) is 15.9. The first-order chi connectivity index (χ1) is 9.90. The fraction of sp³-hybridized carbons (Fsp3) is 0.562. The van der Waals surface area contributed by atoms with E-state index in [4.69, 9.17) is 0 Å². The quantitative estimate of drug-likeness (QED) is 0.560. The number of carbonyl (C=O) groups excluding carboxylic acids is 1. The van der Waals surface area contributed by atoms with E-state index in [-0.39, 0.29) is 16.7 Å². The molecule has 0 bridgehead atoms. The van der Waals surface area contributed by atoms with Crippen molar-refractivity contribution < 1.29 is 13.2 Å². The molecule has 5 heteroatoms. The van der Waals surface area contributed by atoms with E-state index in [1.165, 1.54) is 12.1 Å². The first kappa shape index (κ1) is 17.9. The second kappa shape index (κ2) is 8.29. The van der Waals surface area contributed by atoms with Crippen LogP contribution in [0.15, 0.2) is 29.2 Å². The fourth-order valence-electron chi connectivity index (χ4n) is 2.13. The number of benzene rings is 1. The van der Waals surface area contributed by atoms with E-state index < -0.39 is 10.0 Å². The van der Waals surface area contributed by atoms with Gasteiger partial charge in [0.05, 0.1) is 4.90 Å². The number of hydrogen-bond acceptors (Lipinski definition) is 3. The zero-order valence-electron chi connectivity index (χ0n) is 13.1. The van der Waals surface area contributed by atoms with Crippen LogP contribution in [0.4, 0.5) is 0 Å². The summed E-state index contributed by atoms with van der Waals surface area (Å²) in [5.74, 6) is -0.0527. The number of sulfonamides is 1. The molecule has 1 aromatic rings. The summed E-state index contributed by atoms with van der Waals surface area (Å²) in [7, 11) is -3.56. The highest BCUT2D eigenvalue weighted by Gasteiger charge is 2.18. The van der Waals surface area contributed by atoms with Crippen LogP contribution in [0, 0.1) is 0 Å². The van der Waals surface area contributed by atoms with Gasteiger partial charge >= 0.3 is 0 Å². The Hall–Kier alpha value is -1.20. The topological polar surface area (TPSA) is 63.2 Å². The fourth-order valence-corrected chi connectivity index (χ4v) is 3.46. The summed E-state index contributed by atoms with van der Waals surface area (Å²) in [5.41, 5.74) is 0.444. The molecule has 1 aromatic carbocycles. The van der Waals surface area contributed by atoms with Crippen molar-refractivity contribution in [3.05, 3.63) is 29.8 Å². The smallest absolute Gasteiger partial charge is 0.240 e. The van der Waals surface area contributed by atoms with Gasteiger partial charge in [-0.2, -0.15) is 0 Å². The maximum atomic E-state index is 12.3. The molecule has 0 aromatic heterocycles. The molecule has 0 saturated carbocycles. The van der Waals surface area contributed by atoms with Crippen molar-refractivity contribution in [3.8, 4) is 0 Å². The van der Waals surface area contributed by atoms with Crippen molar-refractivity contribution in [2.45, 2.75) is 63.8 Å². The first-order valence-corrected chi connectivity index (χ1v) is 9.04. The number of Topliss-reactive ketones (excluding diaryl/α,β-unsaturated/α-hetero) is 1.